The van der Waals surface area contributed by atoms with Crippen LogP contribution < -0.4 is 0 Å². The predicted molar refractivity (Wildman–Crippen MR) is 76.8 cm³/mol. The van der Waals surface area contributed by atoms with Crippen LogP contribution in [-0.2, 0) is 6.42 Å². The second-order valence-electron chi connectivity index (χ2n) is 6.06. The van der Waals surface area contributed by atoms with Gasteiger partial charge in [0.05, 0.1) is 4.47 Å². The van der Waals surface area contributed by atoms with E-state index in [9.17, 15) is 0 Å². The summed E-state index contributed by atoms with van der Waals surface area (Å²) in [6.45, 7) is 8.98. The van der Waals surface area contributed by atoms with Crippen LogP contribution >= 0.6 is 28.1 Å². The summed E-state index contributed by atoms with van der Waals surface area (Å²) in [6.07, 6.45) is 2.21. The summed E-state index contributed by atoms with van der Waals surface area (Å²) in [7, 11) is 0. The van der Waals surface area contributed by atoms with Gasteiger partial charge >= 0.3 is 0 Å². The molecule has 2 nitrogen and oxygen atoms in total. The van der Waals surface area contributed by atoms with Gasteiger partial charge in [-0.3, -0.25) is 0 Å². The fourth-order valence-electron chi connectivity index (χ4n) is 2.17. The molecule has 0 bridgehead atoms. The SMILES string of the molecule is CC(C)Cc1[nH]c(C2CC2(C)C)nc(=S)c1Br. The maximum Gasteiger partial charge on any atom is 0.144 e. The van der Waals surface area contributed by atoms with Gasteiger partial charge in [0.25, 0.3) is 0 Å². The van der Waals surface area contributed by atoms with E-state index in [-0.39, 0.29) is 0 Å². The van der Waals surface area contributed by atoms with Gasteiger partial charge in [-0.05, 0) is 40.1 Å². The van der Waals surface area contributed by atoms with Gasteiger partial charge in [0.1, 0.15) is 10.5 Å². The Bertz CT molecular complexity index is 491. The Morgan fingerprint density at radius 2 is 2.12 bits per heavy atom. The van der Waals surface area contributed by atoms with Gasteiger partial charge in [-0.2, -0.15) is 0 Å². The van der Waals surface area contributed by atoms with Crippen molar-refractivity contribution in [3.63, 3.8) is 0 Å². The van der Waals surface area contributed by atoms with Crippen LogP contribution in [0.15, 0.2) is 4.47 Å². The molecule has 94 valence electrons. The topological polar surface area (TPSA) is 28.7 Å². The van der Waals surface area contributed by atoms with Crippen LogP contribution in [0.4, 0.5) is 0 Å². The van der Waals surface area contributed by atoms with Gasteiger partial charge in [0.15, 0.2) is 0 Å². The zero-order valence-corrected chi connectivity index (χ0v) is 13.2. The molecule has 1 saturated carbocycles. The van der Waals surface area contributed by atoms with Crippen LogP contribution in [0, 0.1) is 16.0 Å². The molecule has 1 aromatic heterocycles. The number of rotatable bonds is 3. The Kier molecular flexibility index (Phi) is 3.47. The highest BCUT2D eigenvalue weighted by molar-refractivity contribution is 9.10. The van der Waals surface area contributed by atoms with Crippen LogP contribution in [0.5, 0.6) is 0 Å². The van der Waals surface area contributed by atoms with Gasteiger partial charge in [-0.25, -0.2) is 4.98 Å². The number of nitrogens with one attached hydrogen (secondary N) is 1. The van der Waals surface area contributed by atoms with Crippen molar-refractivity contribution in [2.45, 2.75) is 46.5 Å². The van der Waals surface area contributed by atoms with E-state index in [2.05, 4.69) is 53.6 Å². The molecule has 0 radical (unpaired) electrons. The largest absolute Gasteiger partial charge is 0.346 e. The monoisotopic (exact) mass is 314 g/mol. The summed E-state index contributed by atoms with van der Waals surface area (Å²) >= 11 is 8.87. The first-order valence-electron chi connectivity index (χ1n) is 6.10. The Balaban J connectivity index is 2.37. The molecule has 4 heteroatoms. The highest BCUT2D eigenvalue weighted by Gasteiger charge is 2.48. The summed E-state index contributed by atoms with van der Waals surface area (Å²) in [4.78, 5) is 7.99. The molecular formula is C13H19BrN2S. The fourth-order valence-corrected chi connectivity index (χ4v) is 2.74. The van der Waals surface area contributed by atoms with Gasteiger partial charge in [0.2, 0.25) is 0 Å². The quantitative estimate of drug-likeness (QED) is 0.825. The van der Waals surface area contributed by atoms with E-state index in [0.29, 0.717) is 21.9 Å². The van der Waals surface area contributed by atoms with Gasteiger partial charge in [-0.15, -0.1) is 0 Å². The molecule has 1 fully saturated rings. The van der Waals surface area contributed by atoms with Gasteiger partial charge in [-0.1, -0.05) is 39.9 Å². The van der Waals surface area contributed by atoms with Crippen molar-refractivity contribution in [2.75, 3.05) is 0 Å². The molecule has 0 spiro atoms. The van der Waals surface area contributed by atoms with Crippen molar-refractivity contribution in [3.8, 4) is 0 Å². The maximum atomic E-state index is 5.33. The van der Waals surface area contributed by atoms with E-state index >= 15 is 0 Å². The molecule has 0 saturated heterocycles. The first-order valence-corrected chi connectivity index (χ1v) is 7.30. The van der Waals surface area contributed by atoms with Crippen molar-refractivity contribution in [2.24, 2.45) is 11.3 Å². The Morgan fingerprint density at radius 1 is 1.53 bits per heavy atom. The molecule has 1 heterocycles. The minimum atomic E-state index is 0.383. The van der Waals surface area contributed by atoms with Gasteiger partial charge in [0, 0.05) is 11.6 Å². The van der Waals surface area contributed by atoms with Crippen molar-refractivity contribution >= 4 is 28.1 Å². The highest BCUT2D eigenvalue weighted by Crippen LogP contribution is 2.57. The molecule has 1 atom stereocenters. The average Bonchev–Trinajstić information content (AvgIpc) is 2.82. The molecule has 1 N–H and O–H groups in total. The Hall–Kier alpha value is -0.220. The molecule has 2 rings (SSSR count). The standard InChI is InChI=1S/C13H19BrN2S/c1-7(2)5-9-10(14)12(17)16-11(15-9)8-6-13(8,3)4/h7-8H,5-6H2,1-4H3,(H,15,16,17). The van der Waals surface area contributed by atoms with Crippen molar-refractivity contribution < 1.29 is 0 Å². The molecule has 1 aliphatic carbocycles. The zero-order valence-electron chi connectivity index (χ0n) is 10.8. The Morgan fingerprint density at radius 3 is 2.59 bits per heavy atom. The number of aromatic nitrogens is 2. The lowest BCUT2D eigenvalue weighted by atomic mass is 10.1. The molecule has 0 aliphatic heterocycles. The second-order valence-corrected chi connectivity index (χ2v) is 7.24. The van der Waals surface area contributed by atoms with E-state index in [1.54, 1.807) is 0 Å². The summed E-state index contributed by atoms with van der Waals surface area (Å²) in [5.41, 5.74) is 1.58. The third kappa shape index (κ3) is 2.79. The molecular weight excluding hydrogens is 296 g/mol. The first kappa shape index (κ1) is 13.2. The molecule has 0 amide bonds. The summed E-state index contributed by atoms with van der Waals surface area (Å²) < 4.78 is 1.65. The van der Waals surface area contributed by atoms with Crippen LogP contribution in [0.3, 0.4) is 0 Å². The molecule has 1 unspecified atom stereocenters. The number of nitrogens with zero attached hydrogens (tertiary/aromatic N) is 1. The lowest BCUT2D eigenvalue weighted by Gasteiger charge is -2.11. The molecule has 17 heavy (non-hydrogen) atoms. The van der Waals surface area contributed by atoms with E-state index in [1.807, 2.05) is 0 Å². The summed E-state index contributed by atoms with van der Waals surface area (Å²) in [5.74, 6) is 2.22. The van der Waals surface area contributed by atoms with E-state index < -0.39 is 0 Å². The predicted octanol–water partition coefficient (Wildman–Crippen LogP) is 4.61. The molecule has 1 aromatic rings. The normalized spacial score (nSPS) is 21.9. The maximum absolute atomic E-state index is 5.33. The Labute approximate surface area is 116 Å². The number of H-pyrrole nitrogens is 1. The molecule has 1 aliphatic rings. The smallest absolute Gasteiger partial charge is 0.144 e. The van der Waals surface area contributed by atoms with E-state index in [1.165, 1.54) is 12.1 Å². The average molecular weight is 315 g/mol. The van der Waals surface area contributed by atoms with E-state index in [4.69, 9.17) is 12.2 Å². The van der Waals surface area contributed by atoms with Crippen molar-refractivity contribution in [1.29, 1.82) is 0 Å². The molecule has 0 aromatic carbocycles. The first-order chi connectivity index (χ1) is 7.81. The number of aromatic amines is 1. The lowest BCUT2D eigenvalue weighted by molar-refractivity contribution is 0.596. The van der Waals surface area contributed by atoms with E-state index in [0.717, 1.165) is 16.7 Å². The number of halogens is 1. The second kappa shape index (κ2) is 4.47. The number of hydrogen-bond acceptors (Lipinski definition) is 2. The third-order valence-corrected chi connectivity index (χ3v) is 4.82. The van der Waals surface area contributed by atoms with Crippen LogP contribution in [-0.4, -0.2) is 9.97 Å². The third-order valence-electron chi connectivity index (χ3n) is 3.41. The van der Waals surface area contributed by atoms with Crippen molar-refractivity contribution in [3.05, 3.63) is 20.6 Å². The minimum absolute atomic E-state index is 0.383. The fraction of sp³-hybridized carbons (Fsp3) is 0.692. The van der Waals surface area contributed by atoms with Crippen molar-refractivity contribution in [1.82, 2.24) is 9.97 Å². The highest BCUT2D eigenvalue weighted by atomic mass is 79.9. The summed E-state index contributed by atoms with van der Waals surface area (Å²) in [5, 5.41) is 0. The lowest BCUT2D eigenvalue weighted by Crippen LogP contribution is -2.05. The summed E-state index contributed by atoms with van der Waals surface area (Å²) in [6, 6.07) is 0. The zero-order chi connectivity index (χ0) is 12.8. The van der Waals surface area contributed by atoms with Gasteiger partial charge < -0.3 is 4.98 Å². The van der Waals surface area contributed by atoms with Crippen LogP contribution in [0.1, 0.15) is 51.6 Å². The van der Waals surface area contributed by atoms with Crippen LogP contribution in [0.2, 0.25) is 0 Å². The number of hydrogen-bond donors (Lipinski definition) is 1. The van der Waals surface area contributed by atoms with Crippen LogP contribution in [0.25, 0.3) is 0 Å². The minimum Gasteiger partial charge on any atom is -0.346 e.